The number of fused-ring (bicyclic) bond motifs is 5. The van der Waals surface area contributed by atoms with Crippen LogP contribution in [0.15, 0.2) is 186 Å². The molecule has 0 spiro atoms. The number of rotatable bonds is 6. The number of hydrogen-bond acceptors (Lipinski definition) is 3. The van der Waals surface area contributed by atoms with Crippen molar-refractivity contribution in [2.75, 3.05) is 5.32 Å². The SMILES string of the molecule is c1ccc(-c2cccc(C3=C(c4cccc5c4oc4cc6c(cc45)OC(c4ccccc4)N6)C3c3ccc(-c4cccc5ccccc45)cc3)c2)cc1. The van der Waals surface area contributed by atoms with Crippen molar-refractivity contribution in [2.45, 2.75) is 12.1 Å². The van der Waals surface area contributed by atoms with Crippen molar-refractivity contribution in [3.63, 3.8) is 0 Å². The minimum atomic E-state index is -0.224. The summed E-state index contributed by atoms with van der Waals surface area (Å²) in [6.07, 6.45) is -0.224. The van der Waals surface area contributed by atoms with Gasteiger partial charge in [0, 0.05) is 33.9 Å². The largest absolute Gasteiger partial charge is 0.464 e. The monoisotopic (exact) mass is 679 g/mol. The molecule has 0 saturated carbocycles. The molecule has 2 unspecified atom stereocenters. The van der Waals surface area contributed by atoms with Crippen LogP contribution in [0.25, 0.3) is 66.1 Å². The van der Waals surface area contributed by atoms with E-state index in [0.29, 0.717) is 0 Å². The third-order valence-corrected chi connectivity index (χ3v) is 10.9. The number of anilines is 1. The maximum Gasteiger partial charge on any atom is 0.196 e. The molecule has 3 nitrogen and oxygen atoms in total. The van der Waals surface area contributed by atoms with Gasteiger partial charge in [0.15, 0.2) is 6.23 Å². The van der Waals surface area contributed by atoms with Crippen molar-refractivity contribution in [1.82, 2.24) is 0 Å². The molecular weight excluding hydrogens is 647 g/mol. The van der Waals surface area contributed by atoms with Gasteiger partial charge in [0.05, 0.1) is 5.69 Å². The van der Waals surface area contributed by atoms with Crippen LogP contribution in [0.5, 0.6) is 5.75 Å². The minimum absolute atomic E-state index is 0.142. The average molecular weight is 680 g/mol. The predicted octanol–water partition coefficient (Wildman–Crippen LogP) is 13.3. The fourth-order valence-corrected chi connectivity index (χ4v) is 8.33. The maximum atomic E-state index is 6.80. The fraction of sp³-hybridized carbons (Fsp3) is 0.0400. The Kier molecular flexibility index (Phi) is 6.68. The Balaban J connectivity index is 1.02. The maximum absolute atomic E-state index is 6.80. The van der Waals surface area contributed by atoms with E-state index in [0.717, 1.165) is 44.5 Å². The van der Waals surface area contributed by atoms with Gasteiger partial charge in [0.1, 0.15) is 16.9 Å². The van der Waals surface area contributed by atoms with Gasteiger partial charge in [0.25, 0.3) is 0 Å². The lowest BCUT2D eigenvalue weighted by atomic mass is 9.94. The van der Waals surface area contributed by atoms with Crippen LogP contribution in [-0.2, 0) is 0 Å². The highest BCUT2D eigenvalue weighted by Crippen LogP contribution is 2.61. The van der Waals surface area contributed by atoms with E-state index >= 15 is 0 Å². The Morgan fingerprint density at radius 1 is 0.434 bits per heavy atom. The van der Waals surface area contributed by atoms with E-state index < -0.39 is 0 Å². The molecule has 0 amide bonds. The topological polar surface area (TPSA) is 34.4 Å². The van der Waals surface area contributed by atoms with Gasteiger partial charge in [-0.3, -0.25) is 0 Å². The van der Waals surface area contributed by atoms with E-state index in [1.54, 1.807) is 0 Å². The predicted molar refractivity (Wildman–Crippen MR) is 218 cm³/mol. The Bertz CT molecular complexity index is 2880. The first-order valence-electron chi connectivity index (χ1n) is 18.2. The van der Waals surface area contributed by atoms with Gasteiger partial charge < -0.3 is 14.5 Å². The van der Waals surface area contributed by atoms with Crippen LogP contribution in [0, 0.1) is 0 Å². The Morgan fingerprint density at radius 2 is 1.11 bits per heavy atom. The van der Waals surface area contributed by atoms with E-state index in [4.69, 9.17) is 9.15 Å². The summed E-state index contributed by atoms with van der Waals surface area (Å²) in [7, 11) is 0. The third kappa shape index (κ3) is 4.97. The standard InChI is InChI=1S/C50H33NO2/c1-3-12-31(13-4-1)36-18-9-19-37(28-36)47-46(34-26-24-33(25-27-34)39-21-10-17-32-14-7-8-20-38(32)39)48(47)41-23-11-22-40-42-29-45-43(30-44(42)52-49(40)41)51-50(53-45)35-15-5-2-6-16-35/h1-30,46,50-51H. The summed E-state index contributed by atoms with van der Waals surface area (Å²) < 4.78 is 13.2. The zero-order chi connectivity index (χ0) is 34.9. The summed E-state index contributed by atoms with van der Waals surface area (Å²) in [6.45, 7) is 0. The number of para-hydroxylation sites is 1. The molecule has 1 aromatic heterocycles. The molecule has 1 aliphatic heterocycles. The van der Waals surface area contributed by atoms with E-state index in [9.17, 15) is 0 Å². The average Bonchev–Trinajstić information content (AvgIpc) is 3.65. The quantitative estimate of drug-likeness (QED) is 0.190. The van der Waals surface area contributed by atoms with E-state index in [2.05, 4.69) is 169 Å². The number of ether oxygens (including phenoxy) is 1. The molecule has 2 aliphatic rings. The van der Waals surface area contributed by atoms with Gasteiger partial charge in [-0.15, -0.1) is 0 Å². The molecule has 1 N–H and O–H groups in total. The summed E-state index contributed by atoms with van der Waals surface area (Å²) in [4.78, 5) is 0. The van der Waals surface area contributed by atoms with E-state index in [-0.39, 0.29) is 12.1 Å². The molecule has 3 heteroatoms. The van der Waals surface area contributed by atoms with E-state index in [1.165, 1.54) is 55.3 Å². The molecule has 0 fully saturated rings. The normalized spacial score (nSPS) is 16.2. The Labute approximate surface area is 307 Å². The van der Waals surface area contributed by atoms with Gasteiger partial charge >= 0.3 is 0 Å². The lowest BCUT2D eigenvalue weighted by Gasteiger charge is -2.10. The Hall–Kier alpha value is -6.84. The molecule has 53 heavy (non-hydrogen) atoms. The number of hydrogen-bond donors (Lipinski definition) is 1. The second-order valence-electron chi connectivity index (χ2n) is 14.0. The highest BCUT2D eigenvalue weighted by molar-refractivity contribution is 6.20. The first kappa shape index (κ1) is 29.8. The lowest BCUT2D eigenvalue weighted by molar-refractivity contribution is 0.260. The first-order valence-corrected chi connectivity index (χ1v) is 18.2. The summed E-state index contributed by atoms with van der Waals surface area (Å²) in [5.41, 5.74) is 15.0. The van der Waals surface area contributed by atoms with Crippen LogP contribution in [0.1, 0.15) is 34.4 Å². The Morgan fingerprint density at radius 3 is 1.98 bits per heavy atom. The number of benzene rings is 8. The van der Waals surface area contributed by atoms with Gasteiger partial charge in [-0.05, 0) is 67.4 Å². The van der Waals surface area contributed by atoms with Crippen LogP contribution < -0.4 is 10.1 Å². The van der Waals surface area contributed by atoms with Crippen molar-refractivity contribution in [3.8, 4) is 28.0 Å². The van der Waals surface area contributed by atoms with Crippen LogP contribution in [0.2, 0.25) is 0 Å². The molecular formula is C50H33NO2. The third-order valence-electron chi connectivity index (χ3n) is 10.9. The minimum Gasteiger partial charge on any atom is -0.464 e. The molecule has 11 rings (SSSR count). The molecule has 0 radical (unpaired) electrons. The second-order valence-corrected chi connectivity index (χ2v) is 14.0. The molecule has 2 atom stereocenters. The molecule has 2 heterocycles. The van der Waals surface area contributed by atoms with Crippen molar-refractivity contribution < 1.29 is 9.15 Å². The van der Waals surface area contributed by atoms with Gasteiger partial charge in [-0.1, -0.05) is 164 Å². The summed E-state index contributed by atoms with van der Waals surface area (Å²) in [6, 6.07) is 65.0. The molecule has 1 aliphatic carbocycles. The molecule has 0 saturated heterocycles. The first-order chi connectivity index (χ1) is 26.3. The number of nitrogens with one attached hydrogen (secondary N) is 1. The van der Waals surface area contributed by atoms with Crippen LogP contribution in [0.4, 0.5) is 5.69 Å². The summed E-state index contributed by atoms with van der Waals surface area (Å²) >= 11 is 0. The second kappa shape index (κ2) is 11.9. The van der Waals surface area contributed by atoms with Crippen molar-refractivity contribution in [1.29, 1.82) is 0 Å². The van der Waals surface area contributed by atoms with Gasteiger partial charge in [-0.25, -0.2) is 0 Å². The van der Waals surface area contributed by atoms with Gasteiger partial charge in [0.2, 0.25) is 0 Å². The van der Waals surface area contributed by atoms with Crippen molar-refractivity contribution in [3.05, 3.63) is 204 Å². The molecule has 0 bridgehead atoms. The smallest absolute Gasteiger partial charge is 0.196 e. The highest BCUT2D eigenvalue weighted by atomic mass is 16.5. The van der Waals surface area contributed by atoms with Crippen molar-refractivity contribution >= 4 is 49.5 Å². The zero-order valence-corrected chi connectivity index (χ0v) is 28.8. The number of furan rings is 1. The fourth-order valence-electron chi connectivity index (χ4n) is 8.33. The van der Waals surface area contributed by atoms with Crippen molar-refractivity contribution in [2.24, 2.45) is 0 Å². The zero-order valence-electron chi connectivity index (χ0n) is 28.8. The van der Waals surface area contributed by atoms with Crippen LogP contribution >= 0.6 is 0 Å². The highest BCUT2D eigenvalue weighted by Gasteiger charge is 2.41. The van der Waals surface area contributed by atoms with Crippen LogP contribution in [0.3, 0.4) is 0 Å². The summed E-state index contributed by atoms with van der Waals surface area (Å²) in [5.74, 6) is 0.982. The lowest BCUT2D eigenvalue weighted by Crippen LogP contribution is -2.09. The summed E-state index contributed by atoms with van der Waals surface area (Å²) in [5, 5.41) is 8.22. The molecule has 9 aromatic rings. The molecule has 8 aromatic carbocycles. The van der Waals surface area contributed by atoms with E-state index in [1.807, 2.05) is 18.2 Å². The molecule has 250 valence electrons. The van der Waals surface area contributed by atoms with Crippen LogP contribution in [-0.4, -0.2) is 0 Å². The number of allylic oxidation sites excluding steroid dienone is 2. The van der Waals surface area contributed by atoms with Gasteiger partial charge in [-0.2, -0.15) is 0 Å².